The Bertz CT molecular complexity index is 287. The van der Waals surface area contributed by atoms with Crippen molar-refractivity contribution in [1.82, 2.24) is 0 Å². The Balaban J connectivity index is 2.36. The van der Waals surface area contributed by atoms with Crippen molar-refractivity contribution in [2.24, 2.45) is 11.3 Å². The molecule has 0 heterocycles. The first-order chi connectivity index (χ1) is 6.20. The van der Waals surface area contributed by atoms with E-state index in [1.54, 1.807) is 0 Å². The van der Waals surface area contributed by atoms with E-state index >= 15 is 0 Å². The molecule has 0 bridgehead atoms. The maximum absolute atomic E-state index is 11.9. The lowest BCUT2D eigenvalue weighted by atomic mass is 9.74. The fourth-order valence-electron chi connectivity index (χ4n) is 3.08. The Morgan fingerprint density at radius 3 is 3.23 bits per heavy atom. The molecule has 0 N–H and O–H groups in total. The zero-order valence-electron chi connectivity index (χ0n) is 8.18. The van der Waals surface area contributed by atoms with Crippen molar-refractivity contribution in [3.05, 3.63) is 24.3 Å². The molecular formula is C12H16O. The molecular weight excluding hydrogens is 160 g/mol. The highest BCUT2D eigenvalue weighted by molar-refractivity contribution is 5.99. The molecule has 0 aromatic heterocycles. The van der Waals surface area contributed by atoms with E-state index in [1.807, 2.05) is 12.2 Å². The summed E-state index contributed by atoms with van der Waals surface area (Å²) in [4.78, 5) is 11.9. The molecule has 1 heteroatoms. The Kier molecular flexibility index (Phi) is 1.90. The van der Waals surface area contributed by atoms with Crippen LogP contribution < -0.4 is 0 Å². The number of fused-ring (bicyclic) bond motifs is 1. The van der Waals surface area contributed by atoms with E-state index < -0.39 is 0 Å². The summed E-state index contributed by atoms with van der Waals surface area (Å²) in [7, 11) is 0. The SMILES string of the molecule is C=CCC12CCCC1C(C)=CC2=O. The minimum Gasteiger partial charge on any atom is -0.294 e. The minimum atomic E-state index is -0.0637. The van der Waals surface area contributed by atoms with E-state index in [-0.39, 0.29) is 5.41 Å². The molecule has 0 aromatic carbocycles. The van der Waals surface area contributed by atoms with E-state index in [9.17, 15) is 4.79 Å². The molecule has 0 amide bonds. The molecule has 2 unspecified atom stereocenters. The van der Waals surface area contributed by atoms with Crippen LogP contribution in [0.3, 0.4) is 0 Å². The van der Waals surface area contributed by atoms with E-state index in [0.717, 1.165) is 12.8 Å². The van der Waals surface area contributed by atoms with Gasteiger partial charge >= 0.3 is 0 Å². The molecule has 2 rings (SSSR count). The molecule has 0 saturated heterocycles. The number of rotatable bonds is 2. The van der Waals surface area contributed by atoms with Crippen molar-refractivity contribution in [3.63, 3.8) is 0 Å². The fraction of sp³-hybridized carbons (Fsp3) is 0.583. The molecule has 0 aliphatic heterocycles. The van der Waals surface area contributed by atoms with Crippen molar-refractivity contribution >= 4 is 5.78 Å². The lowest BCUT2D eigenvalue weighted by Crippen LogP contribution is -2.28. The number of carbonyl (C=O) groups excluding carboxylic acids is 1. The van der Waals surface area contributed by atoms with Crippen LogP contribution in [0.4, 0.5) is 0 Å². The van der Waals surface area contributed by atoms with E-state index in [1.165, 1.54) is 18.4 Å². The first-order valence-corrected chi connectivity index (χ1v) is 5.04. The lowest BCUT2D eigenvalue weighted by Gasteiger charge is -2.27. The summed E-state index contributed by atoms with van der Waals surface area (Å²) in [6, 6.07) is 0. The third kappa shape index (κ3) is 1.03. The number of allylic oxidation sites excluding steroid dienone is 3. The summed E-state index contributed by atoms with van der Waals surface area (Å²) >= 11 is 0. The van der Waals surface area contributed by atoms with Gasteiger partial charge in [-0.1, -0.05) is 18.1 Å². The molecule has 1 saturated carbocycles. The summed E-state index contributed by atoms with van der Waals surface area (Å²) in [6.45, 7) is 5.86. The maximum atomic E-state index is 11.9. The number of hydrogen-bond donors (Lipinski definition) is 0. The molecule has 2 aliphatic carbocycles. The maximum Gasteiger partial charge on any atom is 0.162 e. The van der Waals surface area contributed by atoms with Gasteiger partial charge in [-0.25, -0.2) is 0 Å². The highest BCUT2D eigenvalue weighted by atomic mass is 16.1. The summed E-state index contributed by atoms with van der Waals surface area (Å²) in [5.41, 5.74) is 1.23. The fourth-order valence-corrected chi connectivity index (χ4v) is 3.08. The van der Waals surface area contributed by atoms with Crippen LogP contribution in [0.1, 0.15) is 32.6 Å². The van der Waals surface area contributed by atoms with Crippen molar-refractivity contribution in [1.29, 1.82) is 0 Å². The second-order valence-corrected chi connectivity index (χ2v) is 4.35. The summed E-state index contributed by atoms with van der Waals surface area (Å²) in [6.07, 6.45) is 8.09. The third-order valence-corrected chi connectivity index (χ3v) is 3.69. The summed E-state index contributed by atoms with van der Waals surface area (Å²) < 4.78 is 0. The Hall–Kier alpha value is -0.850. The van der Waals surface area contributed by atoms with E-state index in [0.29, 0.717) is 11.7 Å². The Labute approximate surface area is 79.5 Å². The monoisotopic (exact) mass is 176 g/mol. The van der Waals surface area contributed by atoms with Crippen LogP contribution in [-0.2, 0) is 4.79 Å². The van der Waals surface area contributed by atoms with Gasteiger partial charge in [0.2, 0.25) is 0 Å². The number of ketones is 1. The molecule has 2 atom stereocenters. The molecule has 13 heavy (non-hydrogen) atoms. The predicted octanol–water partition coefficient (Wildman–Crippen LogP) is 2.88. The number of carbonyl (C=O) groups is 1. The first-order valence-electron chi connectivity index (χ1n) is 5.04. The molecule has 0 spiro atoms. The molecule has 1 nitrogen and oxygen atoms in total. The zero-order chi connectivity index (χ0) is 9.47. The Morgan fingerprint density at radius 2 is 2.54 bits per heavy atom. The smallest absolute Gasteiger partial charge is 0.162 e. The van der Waals surface area contributed by atoms with Gasteiger partial charge in [0.05, 0.1) is 0 Å². The normalized spacial score (nSPS) is 37.5. The van der Waals surface area contributed by atoms with Crippen LogP contribution in [-0.4, -0.2) is 5.78 Å². The molecule has 70 valence electrons. The van der Waals surface area contributed by atoms with Crippen molar-refractivity contribution in [2.45, 2.75) is 32.6 Å². The van der Waals surface area contributed by atoms with E-state index in [4.69, 9.17) is 0 Å². The third-order valence-electron chi connectivity index (χ3n) is 3.69. The van der Waals surface area contributed by atoms with Crippen LogP contribution in [0.15, 0.2) is 24.3 Å². The van der Waals surface area contributed by atoms with Crippen LogP contribution in [0.5, 0.6) is 0 Å². The van der Waals surface area contributed by atoms with Crippen LogP contribution in [0, 0.1) is 11.3 Å². The van der Waals surface area contributed by atoms with Gasteiger partial charge in [-0.3, -0.25) is 4.79 Å². The largest absolute Gasteiger partial charge is 0.294 e. The highest BCUT2D eigenvalue weighted by Gasteiger charge is 2.50. The van der Waals surface area contributed by atoms with Crippen LogP contribution in [0.25, 0.3) is 0 Å². The van der Waals surface area contributed by atoms with E-state index in [2.05, 4.69) is 13.5 Å². The van der Waals surface area contributed by atoms with Gasteiger partial charge in [0.15, 0.2) is 5.78 Å². The van der Waals surface area contributed by atoms with Gasteiger partial charge in [-0.2, -0.15) is 0 Å². The predicted molar refractivity (Wildman–Crippen MR) is 53.4 cm³/mol. The molecule has 2 aliphatic rings. The standard InChI is InChI=1S/C12H16O/c1-3-6-12-7-4-5-10(12)9(2)8-11(12)13/h3,8,10H,1,4-7H2,2H3. The number of hydrogen-bond acceptors (Lipinski definition) is 1. The molecule has 0 radical (unpaired) electrons. The van der Waals surface area contributed by atoms with Crippen molar-refractivity contribution in [2.75, 3.05) is 0 Å². The minimum absolute atomic E-state index is 0.0637. The molecule has 0 aromatic rings. The van der Waals surface area contributed by atoms with Gasteiger partial charge < -0.3 is 0 Å². The topological polar surface area (TPSA) is 17.1 Å². The van der Waals surface area contributed by atoms with Crippen LogP contribution >= 0.6 is 0 Å². The quantitative estimate of drug-likeness (QED) is 0.591. The van der Waals surface area contributed by atoms with Gasteiger partial charge in [0, 0.05) is 5.41 Å². The molecule has 1 fully saturated rings. The first kappa shape index (κ1) is 8.74. The lowest BCUT2D eigenvalue weighted by molar-refractivity contribution is -0.123. The van der Waals surface area contributed by atoms with Crippen LogP contribution in [0.2, 0.25) is 0 Å². The van der Waals surface area contributed by atoms with Gasteiger partial charge in [0.25, 0.3) is 0 Å². The Morgan fingerprint density at radius 1 is 1.77 bits per heavy atom. The second-order valence-electron chi connectivity index (χ2n) is 4.35. The van der Waals surface area contributed by atoms with Crippen molar-refractivity contribution < 1.29 is 4.79 Å². The average Bonchev–Trinajstić information content (AvgIpc) is 2.57. The highest BCUT2D eigenvalue weighted by Crippen LogP contribution is 2.54. The summed E-state index contributed by atoms with van der Waals surface area (Å²) in [5, 5.41) is 0. The van der Waals surface area contributed by atoms with Gasteiger partial charge in [0.1, 0.15) is 0 Å². The van der Waals surface area contributed by atoms with Crippen molar-refractivity contribution in [3.8, 4) is 0 Å². The zero-order valence-corrected chi connectivity index (χ0v) is 8.18. The van der Waals surface area contributed by atoms with Gasteiger partial charge in [-0.05, 0) is 38.2 Å². The van der Waals surface area contributed by atoms with Gasteiger partial charge in [-0.15, -0.1) is 6.58 Å². The average molecular weight is 176 g/mol. The second kappa shape index (κ2) is 2.83. The summed E-state index contributed by atoms with van der Waals surface area (Å²) in [5.74, 6) is 0.880.